The zero-order chi connectivity index (χ0) is 28.3. The molecule has 0 bridgehead atoms. The Kier molecular flexibility index (Phi) is 7.87. The smallest absolute Gasteiger partial charge is 0.251 e. The molecule has 4 nitrogen and oxygen atoms in total. The zero-order valence-electron chi connectivity index (χ0n) is 24.0. The minimum atomic E-state index is -2.82. The van der Waals surface area contributed by atoms with Gasteiger partial charge in [-0.1, -0.05) is 39.7 Å². The van der Waals surface area contributed by atoms with E-state index >= 15 is 8.78 Å². The molecular formula is C32H48F3NO3. The number of hydrogen-bond donors (Lipinski definition) is 3. The van der Waals surface area contributed by atoms with E-state index in [1.807, 2.05) is 0 Å². The predicted octanol–water partition coefficient (Wildman–Crippen LogP) is 6.88. The second kappa shape index (κ2) is 10.5. The van der Waals surface area contributed by atoms with Crippen molar-refractivity contribution >= 4 is 0 Å². The first-order valence-corrected chi connectivity index (χ1v) is 15.2. The van der Waals surface area contributed by atoms with Crippen LogP contribution in [-0.4, -0.2) is 35.5 Å². The second-order valence-corrected chi connectivity index (χ2v) is 14.0. The summed E-state index contributed by atoms with van der Waals surface area (Å²) >= 11 is 0. The third kappa shape index (κ3) is 4.82. The fourth-order valence-corrected chi connectivity index (χ4v) is 10.2. The second-order valence-electron chi connectivity index (χ2n) is 14.0. The van der Waals surface area contributed by atoms with Crippen LogP contribution in [0.5, 0.6) is 5.75 Å². The highest BCUT2D eigenvalue weighted by Crippen LogP contribution is 2.71. The summed E-state index contributed by atoms with van der Waals surface area (Å²) in [6, 6.07) is 4.24. The van der Waals surface area contributed by atoms with Gasteiger partial charge in [0.05, 0.1) is 19.3 Å². The standard InChI is InChI=1S/C32H48F3NO3/c1-18(6-5-7-25(36)20-9-8-19(33)16-27(20)39-4)21-10-11-22-28-23(12-14-30(21,22)2)31(3)15-13-26(37)29(38)24(31)17-32(28,34)35/h8-9,16,18,21-26,28-29,37-38H,5-7,10-15,17,36H2,1-4H3/t18-,21-,22+,23+,24+,25?,26+,28+,29-,30-,31-/m1/s1. The highest BCUT2D eigenvalue weighted by molar-refractivity contribution is 5.36. The third-order valence-corrected chi connectivity index (χ3v) is 12.3. The number of halogens is 3. The van der Waals surface area contributed by atoms with Crippen molar-refractivity contribution in [3.05, 3.63) is 29.6 Å². The average Bonchev–Trinajstić information content (AvgIpc) is 3.24. The Hall–Kier alpha value is -1.31. The van der Waals surface area contributed by atoms with Gasteiger partial charge in [0.2, 0.25) is 0 Å². The molecule has 0 saturated heterocycles. The van der Waals surface area contributed by atoms with Gasteiger partial charge in [0.1, 0.15) is 11.6 Å². The lowest BCUT2D eigenvalue weighted by Gasteiger charge is -2.63. The zero-order valence-corrected chi connectivity index (χ0v) is 24.0. The van der Waals surface area contributed by atoms with Crippen molar-refractivity contribution in [3.8, 4) is 5.75 Å². The molecule has 1 aromatic rings. The van der Waals surface area contributed by atoms with E-state index in [0.29, 0.717) is 24.0 Å². The molecule has 11 atom stereocenters. The molecule has 4 aliphatic rings. The Morgan fingerprint density at radius 3 is 2.41 bits per heavy atom. The molecule has 0 radical (unpaired) electrons. The van der Waals surface area contributed by atoms with E-state index in [-0.39, 0.29) is 40.9 Å². The summed E-state index contributed by atoms with van der Waals surface area (Å²) in [6.45, 7) is 6.68. The molecule has 0 spiro atoms. The third-order valence-electron chi connectivity index (χ3n) is 12.3. The van der Waals surface area contributed by atoms with Crippen molar-refractivity contribution in [2.75, 3.05) is 7.11 Å². The lowest BCUT2D eigenvalue weighted by molar-refractivity contribution is -0.258. The molecule has 4 saturated carbocycles. The molecule has 7 heteroatoms. The molecule has 220 valence electrons. The molecule has 1 aromatic carbocycles. The minimum Gasteiger partial charge on any atom is -0.496 e. The van der Waals surface area contributed by atoms with Gasteiger partial charge < -0.3 is 20.7 Å². The minimum absolute atomic E-state index is 0.00815. The SMILES string of the molecule is COc1cc(F)ccc1C(N)CCC[C@@H](C)[C@H]1CC[C@H]2[C@H]3[C@H](CC[C@]12C)[C@@]1(C)CC[C@H](O)[C@H](O)[C@@H]1CC3(F)F. The van der Waals surface area contributed by atoms with Crippen molar-refractivity contribution in [3.63, 3.8) is 0 Å². The molecule has 5 rings (SSSR count). The first kappa shape index (κ1) is 29.2. The number of rotatable bonds is 7. The van der Waals surface area contributed by atoms with Gasteiger partial charge in [-0.15, -0.1) is 0 Å². The van der Waals surface area contributed by atoms with Crippen molar-refractivity contribution in [1.29, 1.82) is 0 Å². The average molecular weight is 552 g/mol. The molecule has 1 unspecified atom stereocenters. The number of methoxy groups -OCH3 is 1. The van der Waals surface area contributed by atoms with Crippen molar-refractivity contribution in [2.24, 2.45) is 52.1 Å². The van der Waals surface area contributed by atoms with Crippen LogP contribution in [0.25, 0.3) is 0 Å². The lowest BCUT2D eigenvalue weighted by Crippen LogP contribution is -2.64. The number of fused-ring (bicyclic) bond motifs is 5. The molecule has 0 aromatic heterocycles. The summed E-state index contributed by atoms with van der Waals surface area (Å²) < 4.78 is 51.0. The van der Waals surface area contributed by atoms with Gasteiger partial charge in [-0.2, -0.15) is 0 Å². The largest absolute Gasteiger partial charge is 0.496 e. The highest BCUT2D eigenvalue weighted by atomic mass is 19.3. The van der Waals surface area contributed by atoms with Crippen LogP contribution in [0.1, 0.15) is 96.6 Å². The first-order chi connectivity index (χ1) is 18.3. The van der Waals surface area contributed by atoms with E-state index in [4.69, 9.17) is 10.5 Å². The summed E-state index contributed by atoms with van der Waals surface area (Å²) in [5, 5.41) is 21.0. The molecule has 4 aliphatic carbocycles. The van der Waals surface area contributed by atoms with Gasteiger partial charge in [-0.25, -0.2) is 13.2 Å². The quantitative estimate of drug-likeness (QED) is 0.345. The first-order valence-electron chi connectivity index (χ1n) is 15.2. The van der Waals surface area contributed by atoms with Crippen LogP contribution in [0, 0.1) is 52.2 Å². The van der Waals surface area contributed by atoms with Crippen LogP contribution in [0.3, 0.4) is 0 Å². The van der Waals surface area contributed by atoms with Crippen LogP contribution in [-0.2, 0) is 0 Å². The van der Waals surface area contributed by atoms with Gasteiger partial charge in [0.25, 0.3) is 5.92 Å². The summed E-state index contributed by atoms with van der Waals surface area (Å²) in [5.41, 5.74) is 6.82. The number of benzene rings is 1. The number of hydrogen-bond acceptors (Lipinski definition) is 4. The van der Waals surface area contributed by atoms with E-state index in [1.165, 1.54) is 19.2 Å². The Bertz CT molecular complexity index is 1040. The summed E-state index contributed by atoms with van der Waals surface area (Å²) in [4.78, 5) is 0. The lowest BCUT2D eigenvalue weighted by atomic mass is 9.43. The molecule has 0 heterocycles. The van der Waals surface area contributed by atoms with E-state index in [1.54, 1.807) is 6.07 Å². The van der Waals surface area contributed by atoms with Crippen LogP contribution in [0.2, 0.25) is 0 Å². The maximum atomic E-state index is 16.0. The fourth-order valence-electron chi connectivity index (χ4n) is 10.2. The Morgan fingerprint density at radius 1 is 1.00 bits per heavy atom. The van der Waals surface area contributed by atoms with Crippen LogP contribution in [0.4, 0.5) is 13.2 Å². The number of aliphatic hydroxyl groups is 2. The number of ether oxygens (including phenoxy) is 1. The Balaban J connectivity index is 1.27. The number of alkyl halides is 2. The van der Waals surface area contributed by atoms with Crippen molar-refractivity contribution in [2.45, 2.75) is 109 Å². The van der Waals surface area contributed by atoms with E-state index in [2.05, 4.69) is 20.8 Å². The normalized spacial score (nSPS) is 42.7. The summed E-state index contributed by atoms with van der Waals surface area (Å²) in [7, 11) is 1.52. The summed E-state index contributed by atoms with van der Waals surface area (Å²) in [5.74, 6) is -3.18. The van der Waals surface area contributed by atoms with Gasteiger partial charge >= 0.3 is 0 Å². The van der Waals surface area contributed by atoms with Gasteiger partial charge in [-0.3, -0.25) is 0 Å². The Labute approximate surface area is 231 Å². The summed E-state index contributed by atoms with van der Waals surface area (Å²) in [6.07, 6.45) is 5.20. The maximum absolute atomic E-state index is 16.0. The van der Waals surface area contributed by atoms with Crippen LogP contribution < -0.4 is 10.5 Å². The molecule has 39 heavy (non-hydrogen) atoms. The number of aliphatic hydroxyl groups excluding tert-OH is 2. The van der Waals surface area contributed by atoms with E-state index in [0.717, 1.165) is 56.9 Å². The maximum Gasteiger partial charge on any atom is 0.251 e. The Morgan fingerprint density at radius 2 is 1.69 bits per heavy atom. The molecule has 4 fully saturated rings. The molecular weight excluding hydrogens is 503 g/mol. The molecule has 0 amide bonds. The van der Waals surface area contributed by atoms with Crippen molar-refractivity contribution in [1.82, 2.24) is 0 Å². The van der Waals surface area contributed by atoms with E-state index in [9.17, 15) is 14.6 Å². The topological polar surface area (TPSA) is 75.7 Å². The monoisotopic (exact) mass is 551 g/mol. The van der Waals surface area contributed by atoms with Gasteiger partial charge in [0.15, 0.2) is 0 Å². The number of nitrogens with two attached hydrogens (primary N) is 1. The van der Waals surface area contributed by atoms with Gasteiger partial charge in [0, 0.05) is 30.0 Å². The van der Waals surface area contributed by atoms with Gasteiger partial charge in [-0.05, 0) is 91.4 Å². The van der Waals surface area contributed by atoms with Crippen LogP contribution in [0.15, 0.2) is 18.2 Å². The fraction of sp³-hybridized carbons (Fsp3) is 0.812. The van der Waals surface area contributed by atoms with E-state index < -0.39 is 30.0 Å². The predicted molar refractivity (Wildman–Crippen MR) is 146 cm³/mol. The molecule has 0 aliphatic heterocycles. The highest BCUT2D eigenvalue weighted by Gasteiger charge is 2.69. The van der Waals surface area contributed by atoms with Crippen LogP contribution >= 0.6 is 0 Å². The van der Waals surface area contributed by atoms with Crippen molar-refractivity contribution < 1.29 is 28.1 Å². The molecule has 4 N–H and O–H groups in total.